The first-order chi connectivity index (χ1) is 24.5. The minimum absolute atomic E-state index is 0.306. The Labute approximate surface area is 291 Å². The van der Waals surface area contributed by atoms with E-state index in [-0.39, 0.29) is 11.8 Å². The zero-order chi connectivity index (χ0) is 36.0. The van der Waals surface area contributed by atoms with Crippen molar-refractivity contribution in [3.63, 3.8) is 0 Å². The standard InChI is InChI=1S/C35H38N12O4/c1-4-47-29(15-19(2)42-47)33(51)41-35-39-25-17-22(31(37)49)10-12-27(25)46(35)14-6-5-13-45-26-11-9-21(30(36)48)16-24(26)38-34(45)40-32(50)28-18-23(20-7-8-20)43-44(28)3/h9-12,15-18,20H,4-8,13-14H2,1-3H3,(H2,36,48)(H2,37,49)(H,38,40,50)(H,39,41,51). The van der Waals surface area contributed by atoms with E-state index in [0.29, 0.717) is 83.8 Å². The normalized spacial score (nSPS) is 12.8. The number of aryl methyl sites for hydroxylation is 5. The Morgan fingerprint density at radius 3 is 1.78 bits per heavy atom. The molecule has 0 unspecified atom stereocenters. The van der Waals surface area contributed by atoms with Crippen molar-refractivity contribution in [2.45, 2.75) is 65.1 Å². The second-order valence-corrected chi connectivity index (χ2v) is 12.8. The quantitative estimate of drug-likeness (QED) is 0.131. The van der Waals surface area contributed by atoms with Crippen molar-refractivity contribution in [1.82, 2.24) is 38.7 Å². The Hall–Kier alpha value is -6.32. The highest BCUT2D eigenvalue weighted by Crippen LogP contribution is 2.39. The van der Waals surface area contributed by atoms with Crippen molar-refractivity contribution in [3.05, 3.63) is 82.4 Å². The van der Waals surface area contributed by atoms with Crippen LogP contribution in [-0.2, 0) is 26.7 Å². The Kier molecular flexibility index (Phi) is 8.58. The molecule has 51 heavy (non-hydrogen) atoms. The van der Waals surface area contributed by atoms with Gasteiger partial charge in [0.25, 0.3) is 11.8 Å². The maximum atomic E-state index is 13.5. The third kappa shape index (κ3) is 6.54. The number of carbonyl (C=O) groups excluding carboxylic acids is 4. The van der Waals surface area contributed by atoms with Crippen LogP contribution in [0.2, 0.25) is 0 Å². The molecule has 1 aliphatic carbocycles. The molecule has 0 spiro atoms. The minimum Gasteiger partial charge on any atom is -0.366 e. The SMILES string of the molecule is CCn1nc(C)cc1C(=O)Nc1nc2cc(C(N)=O)ccc2n1CCCCn1c(NC(=O)c2cc(C3CC3)nn2C)nc2cc(C(N)=O)ccc21. The summed E-state index contributed by atoms with van der Waals surface area (Å²) in [6, 6.07) is 13.5. The first kappa shape index (κ1) is 33.2. The number of fused-ring (bicyclic) bond motifs is 2. The Morgan fingerprint density at radius 1 is 0.765 bits per heavy atom. The number of primary amides is 2. The topological polar surface area (TPSA) is 216 Å². The number of anilines is 2. The van der Waals surface area contributed by atoms with Gasteiger partial charge in [0.2, 0.25) is 23.7 Å². The summed E-state index contributed by atoms with van der Waals surface area (Å²) in [7, 11) is 1.74. The highest BCUT2D eigenvalue weighted by Gasteiger charge is 2.28. The van der Waals surface area contributed by atoms with E-state index in [1.54, 1.807) is 58.9 Å². The van der Waals surface area contributed by atoms with Gasteiger partial charge < -0.3 is 20.6 Å². The number of hydrogen-bond acceptors (Lipinski definition) is 8. The summed E-state index contributed by atoms with van der Waals surface area (Å²) in [6.45, 7) is 5.19. The van der Waals surface area contributed by atoms with Gasteiger partial charge in [-0.25, -0.2) is 9.97 Å². The van der Waals surface area contributed by atoms with Crippen molar-refractivity contribution in [2.24, 2.45) is 18.5 Å². The lowest BCUT2D eigenvalue weighted by atomic mass is 10.2. The summed E-state index contributed by atoms with van der Waals surface area (Å²) < 4.78 is 7.00. The van der Waals surface area contributed by atoms with Crippen LogP contribution >= 0.6 is 0 Å². The maximum Gasteiger partial charge on any atom is 0.276 e. The van der Waals surface area contributed by atoms with E-state index < -0.39 is 11.8 Å². The lowest BCUT2D eigenvalue weighted by Crippen LogP contribution is -2.20. The van der Waals surface area contributed by atoms with Crippen LogP contribution in [0, 0.1) is 6.92 Å². The third-order valence-electron chi connectivity index (χ3n) is 9.09. The van der Waals surface area contributed by atoms with Crippen molar-refractivity contribution >= 4 is 57.6 Å². The summed E-state index contributed by atoms with van der Waals surface area (Å²) in [5, 5.41) is 14.8. The van der Waals surface area contributed by atoms with Crippen molar-refractivity contribution in [3.8, 4) is 0 Å². The molecule has 4 amide bonds. The first-order valence-corrected chi connectivity index (χ1v) is 16.8. The molecule has 1 aliphatic rings. The first-order valence-electron chi connectivity index (χ1n) is 16.8. The van der Waals surface area contributed by atoms with Crippen LogP contribution in [0.15, 0.2) is 48.5 Å². The monoisotopic (exact) mass is 690 g/mol. The number of unbranched alkanes of at least 4 members (excludes halogenated alkanes) is 1. The molecular formula is C35H38N12O4. The van der Waals surface area contributed by atoms with Crippen molar-refractivity contribution < 1.29 is 19.2 Å². The van der Waals surface area contributed by atoms with Crippen LogP contribution < -0.4 is 22.1 Å². The molecular weight excluding hydrogens is 652 g/mol. The number of aromatic nitrogens is 8. The maximum absolute atomic E-state index is 13.5. The smallest absolute Gasteiger partial charge is 0.276 e. The summed E-state index contributed by atoms with van der Waals surface area (Å²) in [5.41, 5.74) is 16.6. The van der Waals surface area contributed by atoms with Gasteiger partial charge >= 0.3 is 0 Å². The molecule has 4 heterocycles. The van der Waals surface area contributed by atoms with Crippen LogP contribution in [0.3, 0.4) is 0 Å². The van der Waals surface area contributed by atoms with Gasteiger partial charge in [0.15, 0.2) is 0 Å². The number of amides is 4. The number of carbonyl (C=O) groups is 4. The number of nitrogens with zero attached hydrogens (tertiary/aromatic N) is 8. The molecule has 0 saturated heterocycles. The molecule has 7 rings (SSSR count). The van der Waals surface area contributed by atoms with E-state index in [1.807, 2.05) is 29.0 Å². The van der Waals surface area contributed by atoms with Gasteiger partial charge in [0, 0.05) is 43.7 Å². The van der Waals surface area contributed by atoms with E-state index in [9.17, 15) is 19.2 Å². The molecule has 0 bridgehead atoms. The summed E-state index contributed by atoms with van der Waals surface area (Å²) in [6.07, 6.45) is 3.41. The van der Waals surface area contributed by atoms with E-state index in [0.717, 1.165) is 35.3 Å². The molecule has 6 aromatic rings. The van der Waals surface area contributed by atoms with Crippen LogP contribution in [0.25, 0.3) is 22.1 Å². The predicted molar refractivity (Wildman–Crippen MR) is 189 cm³/mol. The predicted octanol–water partition coefficient (Wildman–Crippen LogP) is 3.70. The van der Waals surface area contributed by atoms with E-state index >= 15 is 0 Å². The Balaban J connectivity index is 1.14. The molecule has 0 atom stereocenters. The summed E-state index contributed by atoms with van der Waals surface area (Å²) in [5.74, 6) is -0.818. The molecule has 262 valence electrons. The van der Waals surface area contributed by atoms with Crippen LogP contribution in [0.5, 0.6) is 0 Å². The molecule has 1 fully saturated rings. The van der Waals surface area contributed by atoms with Gasteiger partial charge in [-0.2, -0.15) is 10.2 Å². The second-order valence-electron chi connectivity index (χ2n) is 12.8. The number of nitrogens with one attached hydrogen (secondary N) is 2. The lowest BCUT2D eigenvalue weighted by molar-refractivity contribution is 0.0992. The minimum atomic E-state index is -0.579. The fourth-order valence-corrected chi connectivity index (χ4v) is 6.33. The zero-order valence-electron chi connectivity index (χ0n) is 28.5. The van der Waals surface area contributed by atoms with Gasteiger partial charge in [-0.1, -0.05) is 0 Å². The molecule has 4 aromatic heterocycles. The van der Waals surface area contributed by atoms with Crippen LogP contribution in [0.1, 0.15) is 91.6 Å². The van der Waals surface area contributed by atoms with Crippen molar-refractivity contribution in [1.29, 1.82) is 0 Å². The Bertz CT molecular complexity index is 2360. The summed E-state index contributed by atoms with van der Waals surface area (Å²) in [4.78, 5) is 60.0. The molecule has 16 nitrogen and oxygen atoms in total. The molecule has 6 N–H and O–H groups in total. The molecule has 16 heteroatoms. The Morgan fingerprint density at radius 2 is 1.29 bits per heavy atom. The lowest BCUT2D eigenvalue weighted by Gasteiger charge is -2.13. The second kappa shape index (κ2) is 13.2. The summed E-state index contributed by atoms with van der Waals surface area (Å²) >= 11 is 0. The number of rotatable bonds is 13. The van der Waals surface area contributed by atoms with Crippen LogP contribution in [0.4, 0.5) is 11.9 Å². The van der Waals surface area contributed by atoms with Gasteiger partial charge in [-0.05, 0) is 88.1 Å². The molecule has 0 radical (unpaired) electrons. The van der Waals surface area contributed by atoms with E-state index in [2.05, 4.69) is 30.8 Å². The highest BCUT2D eigenvalue weighted by atomic mass is 16.2. The zero-order valence-corrected chi connectivity index (χ0v) is 28.5. The van der Waals surface area contributed by atoms with Gasteiger partial charge in [-0.15, -0.1) is 0 Å². The van der Waals surface area contributed by atoms with Gasteiger partial charge in [0.05, 0.1) is 33.5 Å². The van der Waals surface area contributed by atoms with E-state index in [1.165, 1.54) is 0 Å². The number of nitrogens with two attached hydrogens (primary N) is 2. The fourth-order valence-electron chi connectivity index (χ4n) is 6.33. The van der Waals surface area contributed by atoms with E-state index in [4.69, 9.17) is 11.5 Å². The number of benzene rings is 2. The average Bonchev–Trinajstić information content (AvgIpc) is 3.45. The van der Waals surface area contributed by atoms with Gasteiger partial charge in [0.1, 0.15) is 11.4 Å². The third-order valence-corrected chi connectivity index (χ3v) is 9.09. The molecule has 2 aromatic carbocycles. The molecule has 0 aliphatic heterocycles. The largest absolute Gasteiger partial charge is 0.366 e. The fraction of sp³-hybridized carbons (Fsp3) is 0.314. The molecule has 1 saturated carbocycles. The average molecular weight is 691 g/mol. The van der Waals surface area contributed by atoms with Gasteiger partial charge in [-0.3, -0.25) is 39.2 Å². The number of hydrogen-bond donors (Lipinski definition) is 4. The highest BCUT2D eigenvalue weighted by molar-refractivity contribution is 6.04. The van der Waals surface area contributed by atoms with Crippen molar-refractivity contribution in [2.75, 3.05) is 10.6 Å². The van der Waals surface area contributed by atoms with Crippen LogP contribution in [-0.4, -0.2) is 62.3 Å². The number of imidazole rings is 2.